The summed E-state index contributed by atoms with van der Waals surface area (Å²) in [7, 11) is 0. The highest BCUT2D eigenvalue weighted by Gasteiger charge is 1.99. The summed E-state index contributed by atoms with van der Waals surface area (Å²) in [6, 6.07) is 4.54. The Morgan fingerprint density at radius 1 is 1.20 bits per heavy atom. The Morgan fingerprint density at radius 2 is 2.00 bits per heavy atom. The van der Waals surface area contributed by atoms with E-state index in [1.807, 2.05) is 0 Å². The lowest BCUT2D eigenvalue weighted by atomic mass is 10.2. The van der Waals surface area contributed by atoms with E-state index < -0.39 is 0 Å². The largest absolute Gasteiger partial charge is 0.493 e. The molecule has 0 bridgehead atoms. The number of halogens is 3. The predicted octanol–water partition coefficient (Wildman–Crippen LogP) is 4.38. The van der Waals surface area contributed by atoms with E-state index in [1.165, 1.54) is 12.1 Å². The average Bonchev–Trinajstić information content (AvgIpc) is 2.16. The highest BCUT2D eigenvalue weighted by molar-refractivity contribution is 9.10. The number of benzene rings is 1. The predicted molar refractivity (Wildman–Crippen MR) is 64.2 cm³/mol. The Morgan fingerprint density at radius 3 is 2.67 bits per heavy atom. The van der Waals surface area contributed by atoms with Crippen LogP contribution in [0.4, 0.5) is 4.39 Å². The second-order valence-corrected chi connectivity index (χ2v) is 4.50. The fourth-order valence-corrected chi connectivity index (χ4v) is 1.81. The lowest BCUT2D eigenvalue weighted by Crippen LogP contribution is -1.97. The molecule has 0 atom stereocenters. The molecule has 15 heavy (non-hydrogen) atoms. The van der Waals surface area contributed by atoms with Gasteiger partial charge >= 0.3 is 0 Å². The zero-order valence-electron chi connectivity index (χ0n) is 8.31. The lowest BCUT2D eigenvalue weighted by molar-refractivity contribution is 0.304. The summed E-state index contributed by atoms with van der Waals surface area (Å²) >= 11 is 8.75. The molecular weight excluding hydrogens is 282 g/mol. The topological polar surface area (TPSA) is 9.23 Å². The van der Waals surface area contributed by atoms with Gasteiger partial charge in [0.05, 0.1) is 6.61 Å². The van der Waals surface area contributed by atoms with Crippen LogP contribution >= 0.6 is 27.5 Å². The minimum atomic E-state index is -0.292. The minimum Gasteiger partial charge on any atom is -0.493 e. The molecule has 0 aromatic heterocycles. The summed E-state index contributed by atoms with van der Waals surface area (Å²) in [4.78, 5) is 0. The maximum Gasteiger partial charge on any atom is 0.128 e. The van der Waals surface area contributed by atoms with Crippen molar-refractivity contribution in [2.24, 2.45) is 0 Å². The highest BCUT2D eigenvalue weighted by Crippen LogP contribution is 2.20. The van der Waals surface area contributed by atoms with E-state index in [0.717, 1.165) is 19.3 Å². The molecule has 0 saturated heterocycles. The molecule has 1 aromatic carbocycles. The van der Waals surface area contributed by atoms with E-state index in [-0.39, 0.29) is 5.82 Å². The maximum absolute atomic E-state index is 12.9. The second kappa shape index (κ2) is 7.07. The van der Waals surface area contributed by atoms with E-state index in [4.69, 9.17) is 16.3 Å². The first-order valence-electron chi connectivity index (χ1n) is 4.87. The third kappa shape index (κ3) is 5.38. The summed E-state index contributed by atoms with van der Waals surface area (Å²) in [5, 5.41) is 0. The van der Waals surface area contributed by atoms with Crippen LogP contribution < -0.4 is 4.74 Å². The Bertz CT molecular complexity index is 286. The molecule has 0 aliphatic heterocycles. The first kappa shape index (κ1) is 12.8. The second-order valence-electron chi connectivity index (χ2n) is 3.20. The fourth-order valence-electron chi connectivity index (χ4n) is 1.18. The number of alkyl halides is 1. The van der Waals surface area contributed by atoms with Gasteiger partial charge in [0, 0.05) is 16.4 Å². The van der Waals surface area contributed by atoms with Gasteiger partial charge in [-0.3, -0.25) is 0 Å². The van der Waals surface area contributed by atoms with E-state index >= 15 is 0 Å². The molecule has 1 nitrogen and oxygen atoms in total. The van der Waals surface area contributed by atoms with Crippen LogP contribution in [0.2, 0.25) is 0 Å². The normalized spacial score (nSPS) is 10.3. The Hall–Kier alpha value is -0.280. The lowest BCUT2D eigenvalue weighted by Gasteiger charge is -2.06. The molecule has 0 saturated carbocycles. The van der Waals surface area contributed by atoms with Crippen molar-refractivity contribution in [3.63, 3.8) is 0 Å². The summed E-state index contributed by atoms with van der Waals surface area (Å²) in [5.74, 6) is 0.957. The van der Waals surface area contributed by atoms with Crippen molar-refractivity contribution in [3.05, 3.63) is 28.5 Å². The molecule has 0 radical (unpaired) electrons. The number of hydrogen-bond acceptors (Lipinski definition) is 1. The third-order valence-electron chi connectivity index (χ3n) is 1.88. The van der Waals surface area contributed by atoms with Gasteiger partial charge in [0.25, 0.3) is 0 Å². The van der Waals surface area contributed by atoms with Gasteiger partial charge in [-0.15, -0.1) is 11.6 Å². The smallest absolute Gasteiger partial charge is 0.128 e. The molecule has 1 rings (SSSR count). The standard InChI is InChI=1S/C11H13BrClFO/c12-9-6-10(14)8-11(7-9)15-5-3-1-2-4-13/h6-8H,1-5H2. The molecule has 84 valence electrons. The van der Waals surface area contributed by atoms with Crippen LogP contribution in [0.5, 0.6) is 5.75 Å². The monoisotopic (exact) mass is 294 g/mol. The van der Waals surface area contributed by atoms with Crippen molar-refractivity contribution in [2.75, 3.05) is 12.5 Å². The first-order valence-corrected chi connectivity index (χ1v) is 6.20. The Labute approximate surface area is 103 Å². The van der Waals surface area contributed by atoms with Crippen LogP contribution in [0.15, 0.2) is 22.7 Å². The average molecular weight is 296 g/mol. The van der Waals surface area contributed by atoms with Crippen molar-refractivity contribution in [3.8, 4) is 5.75 Å². The van der Waals surface area contributed by atoms with Crippen LogP contribution in [0.1, 0.15) is 19.3 Å². The van der Waals surface area contributed by atoms with Gasteiger partial charge in [-0.1, -0.05) is 15.9 Å². The fraction of sp³-hybridized carbons (Fsp3) is 0.455. The number of rotatable bonds is 6. The van der Waals surface area contributed by atoms with Crippen molar-refractivity contribution in [1.29, 1.82) is 0 Å². The van der Waals surface area contributed by atoms with Crippen molar-refractivity contribution in [1.82, 2.24) is 0 Å². The number of unbranched alkanes of at least 4 members (excludes halogenated alkanes) is 2. The van der Waals surface area contributed by atoms with Gasteiger partial charge in [-0.2, -0.15) is 0 Å². The van der Waals surface area contributed by atoms with Crippen LogP contribution in [0, 0.1) is 5.82 Å². The molecule has 0 aliphatic rings. The SMILES string of the molecule is Fc1cc(Br)cc(OCCCCCCl)c1. The molecule has 0 spiro atoms. The molecule has 0 fully saturated rings. The van der Waals surface area contributed by atoms with Gasteiger partial charge in [-0.25, -0.2) is 4.39 Å². The zero-order valence-corrected chi connectivity index (χ0v) is 10.7. The maximum atomic E-state index is 12.9. The summed E-state index contributed by atoms with van der Waals surface area (Å²) in [6.45, 7) is 0.604. The summed E-state index contributed by atoms with van der Waals surface area (Å²) in [6.07, 6.45) is 2.98. The highest BCUT2D eigenvalue weighted by atomic mass is 79.9. The van der Waals surface area contributed by atoms with E-state index in [9.17, 15) is 4.39 Å². The summed E-state index contributed by atoms with van der Waals surface area (Å²) < 4.78 is 19.0. The zero-order chi connectivity index (χ0) is 11.1. The van der Waals surface area contributed by atoms with Crippen LogP contribution in [-0.2, 0) is 0 Å². The number of ether oxygens (including phenoxy) is 1. The van der Waals surface area contributed by atoms with Crippen LogP contribution in [0.25, 0.3) is 0 Å². The number of hydrogen-bond donors (Lipinski definition) is 0. The first-order chi connectivity index (χ1) is 7.22. The molecule has 4 heteroatoms. The third-order valence-corrected chi connectivity index (χ3v) is 2.61. The molecular formula is C11H13BrClFO. The van der Waals surface area contributed by atoms with E-state index in [1.54, 1.807) is 6.07 Å². The van der Waals surface area contributed by atoms with Gasteiger partial charge in [-0.05, 0) is 31.4 Å². The minimum absolute atomic E-state index is 0.292. The van der Waals surface area contributed by atoms with Crippen LogP contribution in [-0.4, -0.2) is 12.5 Å². The van der Waals surface area contributed by atoms with E-state index in [0.29, 0.717) is 22.7 Å². The van der Waals surface area contributed by atoms with Crippen molar-refractivity contribution < 1.29 is 9.13 Å². The van der Waals surface area contributed by atoms with Crippen LogP contribution in [0.3, 0.4) is 0 Å². The Kier molecular flexibility index (Phi) is 6.03. The molecule has 0 amide bonds. The van der Waals surface area contributed by atoms with Crippen molar-refractivity contribution in [2.45, 2.75) is 19.3 Å². The van der Waals surface area contributed by atoms with E-state index in [2.05, 4.69) is 15.9 Å². The molecule has 0 heterocycles. The van der Waals surface area contributed by atoms with Gasteiger partial charge in [0.2, 0.25) is 0 Å². The molecule has 1 aromatic rings. The molecule has 0 aliphatic carbocycles. The van der Waals surface area contributed by atoms with Gasteiger partial charge in [0.15, 0.2) is 0 Å². The molecule has 0 unspecified atom stereocenters. The quantitative estimate of drug-likeness (QED) is 0.559. The molecule has 0 N–H and O–H groups in total. The Balaban J connectivity index is 2.31. The van der Waals surface area contributed by atoms with Gasteiger partial charge in [0.1, 0.15) is 11.6 Å². The van der Waals surface area contributed by atoms with Gasteiger partial charge < -0.3 is 4.74 Å². The summed E-state index contributed by atoms with van der Waals surface area (Å²) in [5.41, 5.74) is 0. The van der Waals surface area contributed by atoms with Crippen molar-refractivity contribution >= 4 is 27.5 Å².